The van der Waals surface area contributed by atoms with Gasteiger partial charge in [-0.3, -0.25) is 19.9 Å². The second-order valence-electron chi connectivity index (χ2n) is 10.2. The summed E-state index contributed by atoms with van der Waals surface area (Å²) in [6.45, 7) is 5.03. The minimum atomic E-state index is -0.294. The van der Waals surface area contributed by atoms with Crippen molar-refractivity contribution in [2.24, 2.45) is 0 Å². The lowest BCUT2D eigenvalue weighted by molar-refractivity contribution is -0.136. The van der Waals surface area contributed by atoms with E-state index in [0.717, 1.165) is 60.6 Å². The van der Waals surface area contributed by atoms with Crippen LogP contribution < -0.4 is 15.5 Å². The van der Waals surface area contributed by atoms with Gasteiger partial charge in [-0.15, -0.1) is 0 Å². The number of carbonyl (C=O) groups excluding carboxylic acids is 2. The van der Waals surface area contributed by atoms with E-state index in [0.29, 0.717) is 55.1 Å². The maximum absolute atomic E-state index is 13.4. The van der Waals surface area contributed by atoms with Crippen molar-refractivity contribution in [3.05, 3.63) is 40.7 Å². The summed E-state index contributed by atoms with van der Waals surface area (Å²) in [6.07, 6.45) is 5.25. The quantitative estimate of drug-likeness (QED) is 0.601. The molecule has 11 heteroatoms. The smallest absolute Gasteiger partial charge is 0.328 e. The molecule has 2 aromatic heterocycles. The monoisotopic (exact) mass is 534 g/mol. The summed E-state index contributed by atoms with van der Waals surface area (Å²) < 4.78 is 0. The van der Waals surface area contributed by atoms with Gasteiger partial charge < -0.3 is 10.2 Å². The number of piperazine rings is 1. The third-order valence-corrected chi connectivity index (χ3v) is 8.46. The molecule has 0 radical (unpaired) electrons. The van der Waals surface area contributed by atoms with Crippen LogP contribution in [0.2, 0.25) is 0 Å². The van der Waals surface area contributed by atoms with E-state index in [9.17, 15) is 14.9 Å². The first-order valence-corrected chi connectivity index (χ1v) is 14.4. The Labute approximate surface area is 227 Å². The highest BCUT2D eigenvalue weighted by atomic mass is 32.2. The molecule has 2 saturated heterocycles. The highest BCUT2D eigenvalue weighted by molar-refractivity contribution is 7.99. The Hall–Kier alpha value is -3.36. The largest absolute Gasteiger partial charge is 0.381 e. The van der Waals surface area contributed by atoms with E-state index in [1.165, 1.54) is 6.20 Å². The summed E-state index contributed by atoms with van der Waals surface area (Å²) in [5.74, 6) is 3.38. The van der Waals surface area contributed by atoms with Crippen molar-refractivity contribution in [2.45, 2.75) is 45.2 Å². The molecule has 0 aliphatic carbocycles. The number of rotatable bonds is 5. The first kappa shape index (κ1) is 26.3. The van der Waals surface area contributed by atoms with E-state index in [1.807, 2.05) is 35.5 Å². The lowest BCUT2D eigenvalue weighted by atomic mass is 10.0. The first-order valence-electron chi connectivity index (χ1n) is 13.2. The number of aromatic nitrogens is 2. The summed E-state index contributed by atoms with van der Waals surface area (Å²) in [6, 6.07) is 6.07. The molecule has 2 aromatic rings. The van der Waals surface area contributed by atoms with Crippen LogP contribution in [0.25, 0.3) is 0 Å². The van der Waals surface area contributed by atoms with Gasteiger partial charge in [0.25, 0.3) is 0 Å². The Kier molecular flexibility index (Phi) is 8.00. The van der Waals surface area contributed by atoms with Gasteiger partial charge in [0.2, 0.25) is 5.91 Å². The van der Waals surface area contributed by atoms with Gasteiger partial charge in [-0.05, 0) is 68.4 Å². The molecule has 3 aliphatic rings. The minimum Gasteiger partial charge on any atom is -0.381 e. The predicted molar refractivity (Wildman–Crippen MR) is 149 cm³/mol. The zero-order chi connectivity index (χ0) is 26.6. The Morgan fingerprint density at radius 2 is 2.05 bits per heavy atom. The molecular formula is C27H34N8O2S. The highest BCUT2D eigenvalue weighted by Gasteiger charge is 2.28. The van der Waals surface area contributed by atoms with Crippen LogP contribution in [-0.2, 0) is 17.8 Å². The molecule has 3 amide bonds. The third-order valence-electron chi connectivity index (χ3n) is 7.41. The van der Waals surface area contributed by atoms with Crippen LogP contribution in [0, 0.1) is 18.3 Å². The zero-order valence-corrected chi connectivity index (χ0v) is 22.8. The van der Waals surface area contributed by atoms with Gasteiger partial charge in [0.1, 0.15) is 17.7 Å². The van der Waals surface area contributed by atoms with E-state index in [4.69, 9.17) is 4.98 Å². The van der Waals surface area contributed by atoms with Crippen molar-refractivity contribution in [3.63, 3.8) is 0 Å². The first-order chi connectivity index (χ1) is 18.4. The van der Waals surface area contributed by atoms with Crippen molar-refractivity contribution < 1.29 is 9.59 Å². The molecule has 0 bridgehead atoms. The van der Waals surface area contributed by atoms with E-state index >= 15 is 0 Å². The second kappa shape index (κ2) is 11.6. The molecule has 3 aliphatic heterocycles. The van der Waals surface area contributed by atoms with Crippen LogP contribution in [0.1, 0.15) is 41.6 Å². The van der Waals surface area contributed by atoms with Crippen molar-refractivity contribution in [1.29, 1.82) is 5.26 Å². The zero-order valence-electron chi connectivity index (χ0n) is 22.0. The number of nitriles is 1. The summed E-state index contributed by atoms with van der Waals surface area (Å²) >= 11 is 1.95. The molecule has 200 valence electrons. The normalized spacial score (nSPS) is 18.6. The van der Waals surface area contributed by atoms with E-state index in [2.05, 4.69) is 27.8 Å². The van der Waals surface area contributed by atoms with Crippen molar-refractivity contribution in [2.75, 3.05) is 60.3 Å². The van der Waals surface area contributed by atoms with Gasteiger partial charge in [0.05, 0.1) is 17.8 Å². The molecule has 5 heterocycles. The van der Waals surface area contributed by atoms with Crippen molar-refractivity contribution in [1.82, 2.24) is 19.8 Å². The molecule has 10 nitrogen and oxygen atoms in total. The Balaban J connectivity index is 1.31. The van der Waals surface area contributed by atoms with Crippen LogP contribution in [0.3, 0.4) is 0 Å². The molecule has 5 rings (SSSR count). The van der Waals surface area contributed by atoms with Gasteiger partial charge in [-0.1, -0.05) is 0 Å². The number of aryl methyl sites for hydroxylation is 2. The molecule has 0 unspecified atom stereocenters. The number of amides is 3. The maximum atomic E-state index is 13.4. The van der Waals surface area contributed by atoms with Crippen LogP contribution in [0.5, 0.6) is 0 Å². The van der Waals surface area contributed by atoms with E-state index in [-0.39, 0.29) is 11.9 Å². The Bertz CT molecular complexity index is 1260. The molecular weight excluding hydrogens is 500 g/mol. The lowest BCUT2D eigenvalue weighted by Crippen LogP contribution is -2.48. The average Bonchev–Trinajstić information content (AvgIpc) is 2.91. The van der Waals surface area contributed by atoms with Gasteiger partial charge in [0.15, 0.2) is 0 Å². The fourth-order valence-corrected chi connectivity index (χ4v) is 6.27. The predicted octanol–water partition coefficient (Wildman–Crippen LogP) is 3.22. The van der Waals surface area contributed by atoms with E-state index in [1.54, 1.807) is 11.0 Å². The summed E-state index contributed by atoms with van der Waals surface area (Å²) in [5, 5.41) is 15.9. The van der Waals surface area contributed by atoms with Crippen molar-refractivity contribution >= 4 is 41.0 Å². The van der Waals surface area contributed by atoms with Crippen LogP contribution in [-0.4, -0.2) is 82.5 Å². The van der Waals surface area contributed by atoms with Gasteiger partial charge in [-0.2, -0.15) is 17.0 Å². The number of likely N-dealkylation sites (N-methyl/N-ethyl adjacent to an activating group) is 1. The molecule has 2 N–H and O–H groups in total. The molecule has 0 saturated carbocycles. The standard InChI is InChI=1S/C27H34N8O2S/c1-18-20(16-34-9-8-33(2)17-25(34)36)12-19-4-3-7-35(26(19)30-18)27(37)32-24-13-23(21(14-28)15-29-24)31-22-5-10-38-11-6-22/h12-13,15,22H,3-11,16-17H2,1-2H3,(H2,29,31,32,37). The number of urea groups is 1. The van der Waals surface area contributed by atoms with Gasteiger partial charge >= 0.3 is 6.03 Å². The number of nitrogens with zero attached hydrogens (tertiary/aromatic N) is 6. The maximum Gasteiger partial charge on any atom is 0.328 e. The lowest BCUT2D eigenvalue weighted by Gasteiger charge is -2.33. The van der Waals surface area contributed by atoms with Crippen molar-refractivity contribution in [3.8, 4) is 6.07 Å². The third kappa shape index (κ3) is 5.87. The average molecular weight is 535 g/mol. The number of hydrogen-bond acceptors (Lipinski definition) is 8. The highest BCUT2D eigenvalue weighted by Crippen LogP contribution is 2.29. The summed E-state index contributed by atoms with van der Waals surface area (Å²) in [4.78, 5) is 40.6. The number of hydrogen-bond donors (Lipinski definition) is 2. The van der Waals surface area contributed by atoms with E-state index < -0.39 is 0 Å². The van der Waals surface area contributed by atoms with Gasteiger partial charge in [0, 0.05) is 50.2 Å². The number of fused-ring (bicyclic) bond motifs is 1. The van der Waals surface area contributed by atoms with Gasteiger partial charge in [-0.25, -0.2) is 14.8 Å². The molecule has 0 spiro atoms. The number of anilines is 3. The fourth-order valence-electron chi connectivity index (χ4n) is 5.16. The SMILES string of the molecule is Cc1nc2c(cc1CN1CCN(C)CC1=O)CCCN2C(=O)Nc1cc(NC2CCSCC2)c(C#N)cn1. The second-order valence-corrected chi connectivity index (χ2v) is 11.4. The van der Waals surface area contributed by atoms with Crippen LogP contribution in [0.4, 0.5) is 22.1 Å². The molecule has 0 aromatic carbocycles. The number of pyridine rings is 2. The van der Waals surface area contributed by atoms with Crippen LogP contribution >= 0.6 is 11.8 Å². The number of thioether (sulfide) groups is 1. The fraction of sp³-hybridized carbons (Fsp3) is 0.519. The topological polar surface area (TPSA) is 117 Å². The summed E-state index contributed by atoms with van der Waals surface area (Å²) in [7, 11) is 1.96. The Morgan fingerprint density at radius 1 is 1.24 bits per heavy atom. The molecule has 38 heavy (non-hydrogen) atoms. The number of nitrogens with one attached hydrogen (secondary N) is 2. The Morgan fingerprint density at radius 3 is 2.82 bits per heavy atom. The molecule has 0 atom stereocenters. The molecule has 2 fully saturated rings. The minimum absolute atomic E-state index is 0.128. The number of carbonyl (C=O) groups is 2. The van der Waals surface area contributed by atoms with Crippen LogP contribution in [0.15, 0.2) is 18.3 Å². The summed E-state index contributed by atoms with van der Waals surface area (Å²) in [5.41, 5.74) is 4.02.